The second-order valence-electron chi connectivity index (χ2n) is 6.03. The Morgan fingerprint density at radius 2 is 2.28 bits per heavy atom. The molecule has 0 spiro atoms. The van der Waals surface area contributed by atoms with E-state index >= 15 is 0 Å². The van der Waals surface area contributed by atoms with Crippen LogP contribution in [0.15, 0.2) is 24.3 Å². The summed E-state index contributed by atoms with van der Waals surface area (Å²) in [6.07, 6.45) is 0.780. The first kappa shape index (κ1) is 17.9. The van der Waals surface area contributed by atoms with Crippen LogP contribution in [-0.4, -0.2) is 45.5 Å². The highest BCUT2D eigenvalue weighted by atomic mass is 35.5. The lowest BCUT2D eigenvalue weighted by Gasteiger charge is -2.27. The SMILES string of the molecule is CCOC(=O)c1nn(CCO)c2c1CN(Cc1cccc(Cl)c1)CC2. The maximum atomic E-state index is 12.2. The molecular weight excluding hydrogens is 342 g/mol. The Morgan fingerprint density at radius 3 is 3.00 bits per heavy atom. The maximum Gasteiger partial charge on any atom is 0.359 e. The third-order valence-corrected chi connectivity index (χ3v) is 4.52. The molecule has 25 heavy (non-hydrogen) atoms. The van der Waals surface area contributed by atoms with Gasteiger partial charge in [-0.3, -0.25) is 9.58 Å². The van der Waals surface area contributed by atoms with Crippen LogP contribution in [0.2, 0.25) is 5.02 Å². The standard InChI is InChI=1S/C18H22ClN3O3/c1-2-25-18(24)17-15-12-21(11-13-4-3-5-14(19)10-13)7-6-16(15)22(20-17)8-9-23/h3-5,10,23H,2,6-9,11-12H2,1H3. The van der Waals surface area contributed by atoms with Crippen LogP contribution in [0.25, 0.3) is 0 Å². The van der Waals surface area contributed by atoms with Gasteiger partial charge in [0.15, 0.2) is 5.69 Å². The second-order valence-corrected chi connectivity index (χ2v) is 6.47. The average molecular weight is 364 g/mol. The molecule has 0 amide bonds. The van der Waals surface area contributed by atoms with Crippen molar-refractivity contribution in [2.24, 2.45) is 0 Å². The maximum absolute atomic E-state index is 12.2. The van der Waals surface area contributed by atoms with Gasteiger partial charge in [-0.05, 0) is 24.6 Å². The molecule has 1 aromatic heterocycles. The number of hydrogen-bond donors (Lipinski definition) is 1. The van der Waals surface area contributed by atoms with Crippen LogP contribution in [0.3, 0.4) is 0 Å². The Labute approximate surface area is 152 Å². The molecule has 6 nitrogen and oxygen atoms in total. The normalized spacial score (nSPS) is 14.4. The topological polar surface area (TPSA) is 67.6 Å². The van der Waals surface area contributed by atoms with E-state index in [1.807, 2.05) is 24.3 Å². The number of aliphatic hydroxyl groups is 1. The van der Waals surface area contributed by atoms with Gasteiger partial charge in [0.1, 0.15) is 0 Å². The number of benzene rings is 1. The molecule has 0 bridgehead atoms. The van der Waals surface area contributed by atoms with E-state index in [1.165, 1.54) is 0 Å². The number of fused-ring (bicyclic) bond motifs is 1. The Hall–Kier alpha value is -1.89. The molecule has 1 N–H and O–H groups in total. The molecule has 0 radical (unpaired) electrons. The van der Waals surface area contributed by atoms with E-state index in [2.05, 4.69) is 10.00 Å². The summed E-state index contributed by atoms with van der Waals surface area (Å²) < 4.78 is 6.88. The highest BCUT2D eigenvalue weighted by molar-refractivity contribution is 6.30. The summed E-state index contributed by atoms with van der Waals surface area (Å²) in [5.74, 6) is -0.403. The number of aromatic nitrogens is 2. The minimum absolute atomic E-state index is 0.0113. The molecular formula is C18H22ClN3O3. The zero-order valence-corrected chi connectivity index (χ0v) is 15.0. The van der Waals surface area contributed by atoms with Gasteiger partial charge in [-0.25, -0.2) is 4.79 Å². The van der Waals surface area contributed by atoms with Crippen LogP contribution in [-0.2, 0) is 30.8 Å². The van der Waals surface area contributed by atoms with E-state index in [0.717, 1.165) is 41.4 Å². The average Bonchev–Trinajstić information content (AvgIpc) is 2.94. The molecule has 134 valence electrons. The number of nitrogens with zero attached hydrogens (tertiary/aromatic N) is 3. The largest absolute Gasteiger partial charge is 0.461 e. The van der Waals surface area contributed by atoms with Crippen LogP contribution >= 0.6 is 11.6 Å². The Morgan fingerprint density at radius 1 is 1.44 bits per heavy atom. The van der Waals surface area contributed by atoms with Crippen molar-refractivity contribution in [1.29, 1.82) is 0 Å². The molecule has 1 aliphatic rings. The van der Waals surface area contributed by atoms with Crippen molar-refractivity contribution in [3.8, 4) is 0 Å². The van der Waals surface area contributed by atoms with Gasteiger partial charge >= 0.3 is 5.97 Å². The molecule has 3 rings (SSSR count). The molecule has 0 unspecified atom stereocenters. The fourth-order valence-corrected chi connectivity index (χ4v) is 3.43. The highest BCUT2D eigenvalue weighted by Crippen LogP contribution is 2.25. The van der Waals surface area contributed by atoms with Crippen molar-refractivity contribution in [3.63, 3.8) is 0 Å². The van der Waals surface area contributed by atoms with Gasteiger partial charge in [-0.15, -0.1) is 0 Å². The Kier molecular flexibility index (Phi) is 5.73. The van der Waals surface area contributed by atoms with E-state index in [0.29, 0.717) is 25.4 Å². The lowest BCUT2D eigenvalue weighted by atomic mass is 10.0. The van der Waals surface area contributed by atoms with E-state index in [1.54, 1.807) is 11.6 Å². The molecule has 7 heteroatoms. The van der Waals surface area contributed by atoms with Crippen LogP contribution in [0.4, 0.5) is 0 Å². The molecule has 2 heterocycles. The summed E-state index contributed by atoms with van der Waals surface area (Å²) in [5, 5.41) is 14.4. The predicted molar refractivity (Wildman–Crippen MR) is 94.5 cm³/mol. The number of carbonyl (C=O) groups excluding carboxylic acids is 1. The summed E-state index contributed by atoms with van der Waals surface area (Å²) >= 11 is 6.07. The van der Waals surface area contributed by atoms with Crippen LogP contribution in [0, 0.1) is 0 Å². The summed E-state index contributed by atoms with van der Waals surface area (Å²) in [7, 11) is 0. The monoisotopic (exact) mass is 363 g/mol. The highest BCUT2D eigenvalue weighted by Gasteiger charge is 2.28. The molecule has 0 atom stereocenters. The van der Waals surface area contributed by atoms with Crippen molar-refractivity contribution < 1.29 is 14.6 Å². The minimum atomic E-state index is -0.403. The summed E-state index contributed by atoms with van der Waals surface area (Å²) in [6, 6.07) is 7.80. The first-order valence-corrected chi connectivity index (χ1v) is 8.83. The zero-order chi connectivity index (χ0) is 17.8. The van der Waals surface area contributed by atoms with Gasteiger partial charge in [-0.1, -0.05) is 23.7 Å². The first-order valence-electron chi connectivity index (χ1n) is 8.45. The van der Waals surface area contributed by atoms with Gasteiger partial charge in [0, 0.05) is 42.3 Å². The summed E-state index contributed by atoms with van der Waals surface area (Å²) in [5.41, 5.74) is 3.41. The molecule has 0 aliphatic carbocycles. The molecule has 0 saturated carbocycles. The van der Waals surface area contributed by atoms with Crippen molar-refractivity contribution in [1.82, 2.24) is 14.7 Å². The van der Waals surface area contributed by atoms with Gasteiger partial charge in [-0.2, -0.15) is 5.10 Å². The van der Waals surface area contributed by atoms with Gasteiger partial charge in [0.05, 0.1) is 19.8 Å². The van der Waals surface area contributed by atoms with Crippen molar-refractivity contribution in [2.45, 2.75) is 33.0 Å². The quantitative estimate of drug-likeness (QED) is 0.797. The van der Waals surface area contributed by atoms with Crippen molar-refractivity contribution in [2.75, 3.05) is 19.8 Å². The lowest BCUT2D eigenvalue weighted by molar-refractivity contribution is 0.0515. The van der Waals surface area contributed by atoms with Crippen molar-refractivity contribution in [3.05, 3.63) is 51.8 Å². The number of ether oxygens (including phenoxy) is 1. The number of halogens is 1. The molecule has 1 aromatic carbocycles. The van der Waals surface area contributed by atoms with Crippen LogP contribution in [0.1, 0.15) is 34.2 Å². The van der Waals surface area contributed by atoms with Gasteiger partial charge in [0.2, 0.25) is 0 Å². The first-order chi connectivity index (χ1) is 12.1. The summed E-state index contributed by atoms with van der Waals surface area (Å²) in [4.78, 5) is 14.5. The van der Waals surface area contributed by atoms with Gasteiger partial charge in [0.25, 0.3) is 0 Å². The number of hydrogen-bond acceptors (Lipinski definition) is 5. The van der Waals surface area contributed by atoms with Crippen LogP contribution < -0.4 is 0 Å². The predicted octanol–water partition coefficient (Wildman–Crippen LogP) is 2.26. The van der Waals surface area contributed by atoms with E-state index in [9.17, 15) is 9.90 Å². The van der Waals surface area contributed by atoms with Crippen LogP contribution in [0.5, 0.6) is 0 Å². The van der Waals surface area contributed by atoms with Gasteiger partial charge < -0.3 is 9.84 Å². The molecule has 1 aliphatic heterocycles. The minimum Gasteiger partial charge on any atom is -0.461 e. The summed E-state index contributed by atoms with van der Waals surface area (Å²) in [6.45, 7) is 4.71. The second kappa shape index (κ2) is 7.99. The molecule has 2 aromatic rings. The lowest BCUT2D eigenvalue weighted by Crippen LogP contribution is -2.31. The molecule has 0 fully saturated rings. The third-order valence-electron chi connectivity index (χ3n) is 4.29. The number of esters is 1. The number of carbonyl (C=O) groups is 1. The zero-order valence-electron chi connectivity index (χ0n) is 14.2. The van der Waals surface area contributed by atoms with E-state index in [4.69, 9.17) is 16.3 Å². The number of aliphatic hydroxyl groups excluding tert-OH is 1. The van der Waals surface area contributed by atoms with E-state index < -0.39 is 5.97 Å². The van der Waals surface area contributed by atoms with E-state index in [-0.39, 0.29) is 6.61 Å². The van der Waals surface area contributed by atoms with Crippen molar-refractivity contribution >= 4 is 17.6 Å². The third kappa shape index (κ3) is 4.03. The fourth-order valence-electron chi connectivity index (χ4n) is 3.22. The molecule has 0 saturated heterocycles. The number of rotatable bonds is 6. The Bertz CT molecular complexity index is 760. The fraction of sp³-hybridized carbons (Fsp3) is 0.444. The Balaban J connectivity index is 1.84. The smallest absolute Gasteiger partial charge is 0.359 e.